The smallest absolute Gasteiger partial charge is 0.0511 e. The van der Waals surface area contributed by atoms with Crippen molar-refractivity contribution in [1.82, 2.24) is 0 Å². The van der Waals surface area contributed by atoms with Gasteiger partial charge in [0, 0.05) is 24.7 Å². The van der Waals surface area contributed by atoms with Crippen LogP contribution in [0, 0.1) is 6.92 Å². The Kier molecular flexibility index (Phi) is 3.37. The molecule has 1 rings (SSSR count). The molecule has 0 unspecified atom stereocenters. The molecule has 0 fully saturated rings. The lowest BCUT2D eigenvalue weighted by molar-refractivity contribution is 1.03. The molecule has 4 nitrogen and oxygen atoms in total. The van der Waals surface area contributed by atoms with Crippen molar-refractivity contribution < 1.29 is 0 Å². The van der Waals surface area contributed by atoms with Crippen molar-refractivity contribution >= 4 is 5.69 Å². The molecule has 0 amide bonds. The Morgan fingerprint density at radius 3 is 2.71 bits per heavy atom. The summed E-state index contributed by atoms with van der Waals surface area (Å²) < 4.78 is 0. The zero-order valence-electron chi connectivity index (χ0n) is 8.73. The maximum atomic E-state index is 8.21. The number of anilines is 1. The van der Waals surface area contributed by atoms with Crippen molar-refractivity contribution in [3.05, 3.63) is 39.8 Å². The second-order valence-electron chi connectivity index (χ2n) is 3.40. The van der Waals surface area contributed by atoms with Gasteiger partial charge in [0.15, 0.2) is 0 Å². The molecule has 74 valence electrons. The van der Waals surface area contributed by atoms with Gasteiger partial charge in [0.1, 0.15) is 0 Å². The van der Waals surface area contributed by atoms with Crippen LogP contribution >= 0.6 is 0 Å². The number of hydrogen-bond acceptors (Lipinski definition) is 2. The summed E-state index contributed by atoms with van der Waals surface area (Å²) in [4.78, 5) is 4.79. The average Bonchev–Trinajstić information content (AvgIpc) is 2.16. The zero-order chi connectivity index (χ0) is 10.6. The number of rotatable bonds is 3. The van der Waals surface area contributed by atoms with E-state index in [9.17, 15) is 0 Å². The monoisotopic (exact) mass is 190 g/mol. The molecule has 0 spiro atoms. The number of nitrogens with zero attached hydrogens (tertiary/aromatic N) is 4. The molecule has 0 N–H and O–H groups in total. The average molecular weight is 190 g/mol. The Morgan fingerprint density at radius 1 is 1.43 bits per heavy atom. The number of aryl methyl sites for hydroxylation is 1. The minimum absolute atomic E-state index is 0.414. The van der Waals surface area contributed by atoms with Crippen LogP contribution in [-0.2, 0) is 6.54 Å². The van der Waals surface area contributed by atoms with E-state index >= 15 is 0 Å². The Bertz CT molecular complexity index is 364. The summed E-state index contributed by atoms with van der Waals surface area (Å²) in [5.74, 6) is 0. The Balaban J connectivity index is 2.99. The Labute approximate surface area is 83.8 Å². The summed E-state index contributed by atoms with van der Waals surface area (Å²) in [6.07, 6.45) is 0. The van der Waals surface area contributed by atoms with Crippen LogP contribution in [0.1, 0.15) is 11.1 Å². The van der Waals surface area contributed by atoms with E-state index in [0.717, 1.165) is 11.3 Å². The van der Waals surface area contributed by atoms with E-state index in [1.165, 1.54) is 5.56 Å². The highest BCUT2D eigenvalue weighted by Crippen LogP contribution is 2.19. The molecule has 1 aromatic rings. The standard InChI is InChI=1S/C10H14N4/c1-8-4-5-9(7-12-13-11)6-10(8)14(2)3/h4-6H,7H2,1-3H3. The molecule has 0 aliphatic rings. The van der Waals surface area contributed by atoms with E-state index in [1.54, 1.807) is 0 Å². The highest BCUT2D eigenvalue weighted by Gasteiger charge is 2.01. The third kappa shape index (κ3) is 2.41. The molecule has 1 aromatic carbocycles. The molecule has 0 saturated heterocycles. The van der Waals surface area contributed by atoms with Crippen molar-refractivity contribution in [2.75, 3.05) is 19.0 Å². The Hall–Kier alpha value is -1.67. The predicted octanol–water partition coefficient (Wildman–Crippen LogP) is 2.87. The van der Waals surface area contributed by atoms with Gasteiger partial charge in [-0.1, -0.05) is 17.2 Å². The molecule has 0 aromatic heterocycles. The van der Waals surface area contributed by atoms with Gasteiger partial charge >= 0.3 is 0 Å². The van der Waals surface area contributed by atoms with E-state index in [-0.39, 0.29) is 0 Å². The van der Waals surface area contributed by atoms with E-state index in [1.807, 2.05) is 32.3 Å². The van der Waals surface area contributed by atoms with Gasteiger partial charge < -0.3 is 4.90 Å². The molecule has 0 radical (unpaired) electrons. The number of azide groups is 1. The fourth-order valence-electron chi connectivity index (χ4n) is 1.35. The lowest BCUT2D eigenvalue weighted by Crippen LogP contribution is -2.10. The van der Waals surface area contributed by atoms with Gasteiger partial charge in [0.2, 0.25) is 0 Å². The molecule has 0 heterocycles. The van der Waals surface area contributed by atoms with Crippen LogP contribution in [0.4, 0.5) is 5.69 Å². The molecule has 14 heavy (non-hydrogen) atoms. The lowest BCUT2D eigenvalue weighted by Gasteiger charge is -2.16. The summed E-state index contributed by atoms with van der Waals surface area (Å²) in [5, 5.41) is 3.53. The first-order valence-electron chi connectivity index (χ1n) is 4.43. The Morgan fingerprint density at radius 2 is 2.14 bits per heavy atom. The molecule has 0 aliphatic carbocycles. The van der Waals surface area contributed by atoms with Gasteiger partial charge in [0.05, 0.1) is 6.54 Å². The minimum atomic E-state index is 0.414. The topological polar surface area (TPSA) is 52.0 Å². The zero-order valence-corrected chi connectivity index (χ0v) is 8.73. The van der Waals surface area contributed by atoms with Gasteiger partial charge in [-0.3, -0.25) is 0 Å². The van der Waals surface area contributed by atoms with E-state index in [0.29, 0.717) is 6.54 Å². The first-order valence-corrected chi connectivity index (χ1v) is 4.43. The van der Waals surface area contributed by atoms with Crippen LogP contribution in [0.2, 0.25) is 0 Å². The molecule has 0 saturated carbocycles. The highest BCUT2D eigenvalue weighted by molar-refractivity contribution is 5.53. The van der Waals surface area contributed by atoms with Gasteiger partial charge in [-0.15, -0.1) is 0 Å². The lowest BCUT2D eigenvalue weighted by atomic mass is 10.1. The maximum absolute atomic E-state index is 8.21. The van der Waals surface area contributed by atoms with Crippen LogP contribution in [0.25, 0.3) is 10.4 Å². The fourth-order valence-corrected chi connectivity index (χ4v) is 1.35. The van der Waals surface area contributed by atoms with Gasteiger partial charge in [0.25, 0.3) is 0 Å². The summed E-state index contributed by atoms with van der Waals surface area (Å²) >= 11 is 0. The van der Waals surface area contributed by atoms with E-state index in [4.69, 9.17) is 5.53 Å². The third-order valence-electron chi connectivity index (χ3n) is 2.07. The molecule has 0 bridgehead atoms. The summed E-state index contributed by atoms with van der Waals surface area (Å²) in [5.41, 5.74) is 11.6. The van der Waals surface area contributed by atoms with Crippen LogP contribution in [0.15, 0.2) is 23.3 Å². The fraction of sp³-hybridized carbons (Fsp3) is 0.400. The second-order valence-corrected chi connectivity index (χ2v) is 3.40. The van der Waals surface area contributed by atoms with Crippen molar-refractivity contribution in [2.24, 2.45) is 5.11 Å². The largest absolute Gasteiger partial charge is 0.377 e. The summed E-state index contributed by atoms with van der Waals surface area (Å²) in [6.45, 7) is 2.48. The maximum Gasteiger partial charge on any atom is 0.0511 e. The molecular weight excluding hydrogens is 176 g/mol. The molecular formula is C10H14N4. The van der Waals surface area contributed by atoms with E-state index in [2.05, 4.69) is 21.8 Å². The normalized spacial score (nSPS) is 9.36. The minimum Gasteiger partial charge on any atom is -0.377 e. The first kappa shape index (κ1) is 10.4. The van der Waals surface area contributed by atoms with Gasteiger partial charge in [-0.25, -0.2) is 0 Å². The van der Waals surface area contributed by atoms with Crippen molar-refractivity contribution in [1.29, 1.82) is 0 Å². The third-order valence-corrected chi connectivity index (χ3v) is 2.07. The van der Waals surface area contributed by atoms with Crippen LogP contribution in [0.3, 0.4) is 0 Å². The van der Waals surface area contributed by atoms with Crippen LogP contribution < -0.4 is 4.90 Å². The van der Waals surface area contributed by atoms with Crippen molar-refractivity contribution in [3.8, 4) is 0 Å². The molecule has 4 heteroatoms. The highest BCUT2D eigenvalue weighted by atomic mass is 15.1. The van der Waals surface area contributed by atoms with Crippen molar-refractivity contribution in [2.45, 2.75) is 13.5 Å². The molecule has 0 atom stereocenters. The second kappa shape index (κ2) is 4.53. The molecule has 0 aliphatic heterocycles. The van der Waals surface area contributed by atoms with Crippen LogP contribution in [0.5, 0.6) is 0 Å². The quantitative estimate of drug-likeness (QED) is 0.410. The number of hydrogen-bond donors (Lipinski definition) is 0. The van der Waals surface area contributed by atoms with Gasteiger partial charge in [-0.05, 0) is 29.6 Å². The summed E-state index contributed by atoms with van der Waals surface area (Å²) in [7, 11) is 4.00. The number of benzene rings is 1. The predicted molar refractivity (Wildman–Crippen MR) is 58.4 cm³/mol. The first-order chi connectivity index (χ1) is 6.65. The van der Waals surface area contributed by atoms with Crippen LogP contribution in [-0.4, -0.2) is 14.1 Å². The van der Waals surface area contributed by atoms with Crippen molar-refractivity contribution in [3.63, 3.8) is 0 Å². The summed E-state index contributed by atoms with van der Waals surface area (Å²) in [6, 6.07) is 6.07. The SMILES string of the molecule is Cc1ccc(CN=[N+]=[N-])cc1N(C)C. The van der Waals surface area contributed by atoms with Gasteiger partial charge in [-0.2, -0.15) is 0 Å². The van der Waals surface area contributed by atoms with E-state index < -0.39 is 0 Å².